The number of rotatable bonds is 10. The molecular formula is C74H48N2O2. The van der Waals surface area contributed by atoms with Crippen molar-refractivity contribution in [3.05, 3.63) is 291 Å². The predicted molar refractivity (Wildman–Crippen MR) is 327 cm³/mol. The second-order valence-corrected chi connectivity index (χ2v) is 19.9. The molecule has 0 amide bonds. The maximum absolute atomic E-state index is 6.54. The highest BCUT2D eigenvalue weighted by Gasteiger charge is 2.25. The van der Waals surface area contributed by atoms with Gasteiger partial charge in [-0.1, -0.05) is 206 Å². The van der Waals surface area contributed by atoms with E-state index in [1.165, 1.54) is 22.3 Å². The van der Waals surface area contributed by atoms with Gasteiger partial charge in [0.05, 0.1) is 22.1 Å². The number of hydrogen-bond donors (Lipinski definition) is 0. The van der Waals surface area contributed by atoms with Crippen molar-refractivity contribution in [2.45, 2.75) is 0 Å². The molecule has 2 aromatic heterocycles. The fourth-order valence-corrected chi connectivity index (χ4v) is 11.9. The molecule has 0 N–H and O–H groups in total. The minimum absolute atomic E-state index is 0.847. The van der Waals surface area contributed by atoms with Crippen molar-refractivity contribution in [3.8, 4) is 44.5 Å². The van der Waals surface area contributed by atoms with E-state index in [2.05, 4.69) is 289 Å². The number of anilines is 6. The van der Waals surface area contributed by atoms with E-state index in [0.717, 1.165) is 122 Å². The molecule has 0 saturated carbocycles. The van der Waals surface area contributed by atoms with E-state index in [9.17, 15) is 0 Å². The van der Waals surface area contributed by atoms with Crippen LogP contribution < -0.4 is 9.80 Å². The quantitative estimate of drug-likeness (QED) is 0.128. The summed E-state index contributed by atoms with van der Waals surface area (Å²) in [6, 6.07) is 105. The summed E-state index contributed by atoms with van der Waals surface area (Å²) in [6.07, 6.45) is 0. The molecule has 15 aromatic rings. The van der Waals surface area contributed by atoms with Crippen molar-refractivity contribution in [3.63, 3.8) is 0 Å². The topological polar surface area (TPSA) is 32.8 Å². The van der Waals surface area contributed by atoms with E-state index in [1.54, 1.807) is 0 Å². The molecule has 0 bridgehead atoms. The molecule has 0 atom stereocenters. The Morgan fingerprint density at radius 3 is 0.949 bits per heavy atom. The van der Waals surface area contributed by atoms with Crippen LogP contribution >= 0.6 is 0 Å². The van der Waals surface area contributed by atoms with Crippen LogP contribution in [0.3, 0.4) is 0 Å². The summed E-state index contributed by atoms with van der Waals surface area (Å²) < 4.78 is 13.1. The lowest BCUT2D eigenvalue weighted by Crippen LogP contribution is -2.11. The van der Waals surface area contributed by atoms with Crippen LogP contribution in [-0.4, -0.2) is 0 Å². The lowest BCUT2D eigenvalue weighted by Gasteiger charge is -2.28. The molecule has 0 fully saturated rings. The van der Waals surface area contributed by atoms with Gasteiger partial charge in [0.25, 0.3) is 0 Å². The third-order valence-electron chi connectivity index (χ3n) is 15.4. The van der Waals surface area contributed by atoms with E-state index in [4.69, 9.17) is 8.83 Å². The number of nitrogens with zero attached hydrogens (tertiary/aromatic N) is 2. The first kappa shape index (κ1) is 45.0. The number of benzene rings is 13. The average Bonchev–Trinajstić information content (AvgIpc) is 4.23. The Hall–Kier alpha value is -10.4. The summed E-state index contributed by atoms with van der Waals surface area (Å²) in [6.45, 7) is 0. The van der Waals surface area contributed by atoms with Crippen molar-refractivity contribution in [1.29, 1.82) is 0 Å². The van der Waals surface area contributed by atoms with Crippen LogP contribution in [0.4, 0.5) is 34.1 Å². The summed E-state index contributed by atoms with van der Waals surface area (Å²) in [5.74, 6) is 0. The van der Waals surface area contributed by atoms with Crippen LogP contribution in [0, 0.1) is 0 Å². The maximum Gasteiger partial charge on any atom is 0.137 e. The molecule has 0 radical (unpaired) electrons. The zero-order valence-electron chi connectivity index (χ0n) is 42.4. The monoisotopic (exact) mass is 996 g/mol. The van der Waals surface area contributed by atoms with Crippen LogP contribution in [-0.2, 0) is 0 Å². The highest BCUT2D eigenvalue weighted by atomic mass is 16.3. The van der Waals surface area contributed by atoms with Crippen LogP contribution in [0.1, 0.15) is 0 Å². The Morgan fingerprint density at radius 2 is 0.538 bits per heavy atom. The largest absolute Gasteiger partial charge is 0.456 e. The fourth-order valence-electron chi connectivity index (χ4n) is 11.9. The number of para-hydroxylation sites is 4. The normalized spacial score (nSPS) is 11.6. The summed E-state index contributed by atoms with van der Waals surface area (Å²) in [5, 5.41) is 8.87. The maximum atomic E-state index is 6.54. The van der Waals surface area contributed by atoms with Crippen LogP contribution in [0.25, 0.3) is 110 Å². The molecule has 0 saturated heterocycles. The van der Waals surface area contributed by atoms with Crippen molar-refractivity contribution in [1.82, 2.24) is 0 Å². The highest BCUT2D eigenvalue weighted by Crippen LogP contribution is 2.51. The van der Waals surface area contributed by atoms with Gasteiger partial charge in [0.15, 0.2) is 0 Å². The van der Waals surface area contributed by atoms with Crippen molar-refractivity contribution in [2.75, 3.05) is 9.80 Å². The zero-order valence-corrected chi connectivity index (χ0v) is 42.4. The third-order valence-corrected chi connectivity index (χ3v) is 15.4. The Labute approximate surface area is 451 Å². The van der Waals surface area contributed by atoms with Crippen LogP contribution in [0.15, 0.2) is 300 Å². The van der Waals surface area contributed by atoms with E-state index in [-0.39, 0.29) is 0 Å². The van der Waals surface area contributed by atoms with Gasteiger partial charge in [-0.05, 0) is 151 Å². The van der Waals surface area contributed by atoms with Crippen LogP contribution in [0.2, 0.25) is 0 Å². The van der Waals surface area contributed by atoms with E-state index in [0.29, 0.717) is 0 Å². The van der Waals surface area contributed by atoms with Gasteiger partial charge in [0.2, 0.25) is 0 Å². The van der Waals surface area contributed by atoms with Gasteiger partial charge in [-0.3, -0.25) is 0 Å². The molecule has 78 heavy (non-hydrogen) atoms. The van der Waals surface area contributed by atoms with Crippen LogP contribution in [0.5, 0.6) is 0 Å². The second-order valence-electron chi connectivity index (χ2n) is 19.9. The first-order valence-electron chi connectivity index (χ1n) is 26.6. The van der Waals surface area contributed by atoms with Gasteiger partial charge in [0, 0.05) is 33.5 Å². The summed E-state index contributed by atoms with van der Waals surface area (Å²) in [5.41, 5.74) is 18.9. The molecule has 13 aromatic carbocycles. The molecule has 366 valence electrons. The second kappa shape index (κ2) is 18.7. The van der Waals surface area contributed by atoms with E-state index in [1.807, 2.05) is 12.1 Å². The predicted octanol–water partition coefficient (Wildman–Crippen LogP) is 21.4. The first-order valence-corrected chi connectivity index (χ1v) is 26.6. The van der Waals surface area contributed by atoms with Crippen molar-refractivity contribution in [2.24, 2.45) is 0 Å². The molecule has 15 rings (SSSR count). The van der Waals surface area contributed by atoms with E-state index < -0.39 is 0 Å². The molecule has 2 heterocycles. The third kappa shape index (κ3) is 7.61. The highest BCUT2D eigenvalue weighted by molar-refractivity contribution is 6.23. The number of fused-ring (bicyclic) bond motifs is 8. The van der Waals surface area contributed by atoms with Gasteiger partial charge >= 0.3 is 0 Å². The Morgan fingerprint density at radius 1 is 0.205 bits per heavy atom. The SMILES string of the molecule is c1ccc(-c2ccc(-c3c4ccc(N(c5ccccc5)c5cccc6oc7ccccc7c56)cc4c(-c4ccc(-c5ccccc5)cc4)c4ccc(N(c5ccccc5)c5cccc6oc7ccccc7c56)cc34)cc2)cc1. The Balaban J connectivity index is 1.04. The Bertz CT molecular complexity index is 4400. The molecule has 4 heteroatoms. The minimum Gasteiger partial charge on any atom is -0.456 e. The minimum atomic E-state index is 0.847. The lowest BCUT2D eigenvalue weighted by molar-refractivity contribution is 0.668. The Kier molecular flexibility index (Phi) is 10.8. The summed E-state index contributed by atoms with van der Waals surface area (Å²) in [4.78, 5) is 4.79. The van der Waals surface area contributed by atoms with E-state index >= 15 is 0 Å². The van der Waals surface area contributed by atoms with Crippen molar-refractivity contribution < 1.29 is 8.83 Å². The number of furan rings is 2. The average molecular weight is 997 g/mol. The van der Waals surface area contributed by atoms with Gasteiger partial charge in [0.1, 0.15) is 22.3 Å². The standard InChI is InChI=1S/C74H48N2O2/c1-5-19-49(20-6-1)51-35-39-53(40-36-51)71-59-45-43-58(76(56-25-11-4-12-26-56)66-30-18-34-70-74(66)62-28-14-16-32-68(62)78-70)48-64(59)72(54-41-37-52(38-42-54)50-21-7-2-8-22-50)60-46-44-57(47-63(60)71)75(55-23-9-3-10-24-55)65-29-17-33-69-73(65)61-27-13-15-31-67(61)77-69/h1-48H. The molecule has 0 spiro atoms. The molecule has 0 aliphatic heterocycles. The molecule has 0 aliphatic rings. The zero-order chi connectivity index (χ0) is 51.5. The molecule has 0 unspecified atom stereocenters. The van der Waals surface area contributed by atoms with Crippen molar-refractivity contribution >= 4 is 99.5 Å². The fraction of sp³-hybridized carbons (Fsp3) is 0. The number of hydrogen-bond acceptors (Lipinski definition) is 4. The summed E-state index contributed by atoms with van der Waals surface area (Å²) in [7, 11) is 0. The van der Waals surface area contributed by atoms with Gasteiger partial charge < -0.3 is 18.6 Å². The molecule has 0 aliphatic carbocycles. The van der Waals surface area contributed by atoms with Gasteiger partial charge in [-0.25, -0.2) is 0 Å². The molecule has 4 nitrogen and oxygen atoms in total. The lowest BCUT2D eigenvalue weighted by atomic mass is 9.84. The molecular weight excluding hydrogens is 949 g/mol. The van der Waals surface area contributed by atoms with Gasteiger partial charge in [-0.2, -0.15) is 0 Å². The first-order chi connectivity index (χ1) is 38.7. The summed E-state index contributed by atoms with van der Waals surface area (Å²) >= 11 is 0. The van der Waals surface area contributed by atoms with Gasteiger partial charge in [-0.15, -0.1) is 0 Å². The smallest absolute Gasteiger partial charge is 0.137 e.